The lowest BCUT2D eigenvalue weighted by Crippen LogP contribution is -2.24. The van der Waals surface area contributed by atoms with Gasteiger partial charge in [0.05, 0.1) is 0 Å². The van der Waals surface area contributed by atoms with Gasteiger partial charge in [0.1, 0.15) is 5.52 Å². The zero-order valence-corrected chi connectivity index (χ0v) is 9.89. The topological polar surface area (TPSA) is 61.6 Å². The third-order valence-corrected chi connectivity index (χ3v) is 2.42. The number of hydrogen-bond acceptors (Lipinski definition) is 5. The number of Topliss-reactive ketones (excluding diaryl/α,β-unsaturated/α-hetero) is 1. The molecule has 5 nitrogen and oxygen atoms in total. The number of nitrogens with zero attached hydrogens (tertiary/aromatic N) is 1. The summed E-state index contributed by atoms with van der Waals surface area (Å²) in [5, 5.41) is 0. The molecule has 5 heteroatoms. The Labute approximate surface area is 98.3 Å². The number of carbonyl (C=O) groups excluding carboxylic acids is 1. The largest absolute Gasteiger partial charge is 0.441 e. The first kappa shape index (κ1) is 11.8. The van der Waals surface area contributed by atoms with E-state index in [-0.39, 0.29) is 5.78 Å². The van der Waals surface area contributed by atoms with Gasteiger partial charge < -0.3 is 13.9 Å². The minimum atomic E-state index is -0.892. The highest BCUT2D eigenvalue weighted by Gasteiger charge is 2.19. The van der Waals surface area contributed by atoms with E-state index in [4.69, 9.17) is 13.9 Å². The predicted octanol–water partition coefficient (Wildman–Crippen LogP) is 1.94. The molecule has 0 amide bonds. The number of hydrogen-bond donors (Lipinski definition) is 0. The van der Waals surface area contributed by atoms with Crippen molar-refractivity contribution < 1.29 is 18.7 Å². The maximum Gasteiger partial charge on any atom is 0.222 e. The Bertz CT molecular complexity index is 542. The van der Waals surface area contributed by atoms with Gasteiger partial charge in [-0.1, -0.05) is 0 Å². The lowest BCUT2D eigenvalue weighted by molar-refractivity contribution is -0.0742. The molecule has 0 aliphatic carbocycles. The fourth-order valence-corrected chi connectivity index (χ4v) is 1.64. The van der Waals surface area contributed by atoms with Gasteiger partial charge in [-0.05, 0) is 18.2 Å². The second-order valence-corrected chi connectivity index (χ2v) is 3.58. The number of methoxy groups -OCH3 is 2. The van der Waals surface area contributed by atoms with E-state index in [1.54, 1.807) is 25.1 Å². The molecule has 0 fully saturated rings. The van der Waals surface area contributed by atoms with Gasteiger partial charge in [0.15, 0.2) is 11.5 Å². The van der Waals surface area contributed by atoms with Crippen molar-refractivity contribution in [3.05, 3.63) is 29.7 Å². The van der Waals surface area contributed by atoms with Crippen LogP contribution in [0.15, 0.2) is 22.6 Å². The van der Waals surface area contributed by atoms with Gasteiger partial charge in [0.2, 0.25) is 12.1 Å². The highest BCUT2D eigenvalue weighted by molar-refractivity contribution is 6.00. The van der Waals surface area contributed by atoms with Gasteiger partial charge in [0, 0.05) is 26.7 Å². The molecule has 0 saturated carbocycles. The standard InChI is InChI=1S/C12H13NO4/c1-7-13-9-5-4-8(6-10(9)17-7)11(14)12(15-2)16-3/h4-6,12H,1-3H3. The molecular weight excluding hydrogens is 222 g/mol. The second kappa shape index (κ2) is 4.65. The van der Waals surface area contributed by atoms with E-state index in [0.29, 0.717) is 17.0 Å². The third kappa shape index (κ3) is 2.20. The number of benzene rings is 1. The van der Waals surface area contributed by atoms with Gasteiger partial charge in [-0.3, -0.25) is 4.79 Å². The maximum absolute atomic E-state index is 11.9. The zero-order valence-electron chi connectivity index (χ0n) is 9.89. The molecule has 0 bridgehead atoms. The Morgan fingerprint density at radius 2 is 2.06 bits per heavy atom. The van der Waals surface area contributed by atoms with Gasteiger partial charge in [-0.25, -0.2) is 4.98 Å². The monoisotopic (exact) mass is 235 g/mol. The van der Waals surface area contributed by atoms with Crippen molar-refractivity contribution in [2.45, 2.75) is 13.2 Å². The molecule has 1 aromatic carbocycles. The van der Waals surface area contributed by atoms with E-state index in [9.17, 15) is 4.79 Å². The number of ether oxygens (including phenoxy) is 2. The Morgan fingerprint density at radius 3 is 2.71 bits per heavy atom. The average Bonchev–Trinajstić information content (AvgIpc) is 2.69. The molecule has 0 saturated heterocycles. The van der Waals surface area contributed by atoms with Crippen LogP contribution in [-0.4, -0.2) is 31.3 Å². The zero-order chi connectivity index (χ0) is 12.4. The molecule has 17 heavy (non-hydrogen) atoms. The average molecular weight is 235 g/mol. The van der Waals surface area contributed by atoms with E-state index in [1.807, 2.05) is 0 Å². The number of fused-ring (bicyclic) bond motifs is 1. The first-order chi connectivity index (χ1) is 8.15. The molecule has 1 heterocycles. The van der Waals surface area contributed by atoms with Crippen molar-refractivity contribution in [2.75, 3.05) is 14.2 Å². The van der Waals surface area contributed by atoms with Crippen LogP contribution >= 0.6 is 0 Å². The molecule has 0 N–H and O–H groups in total. The Balaban J connectivity index is 2.38. The minimum Gasteiger partial charge on any atom is -0.441 e. The van der Waals surface area contributed by atoms with Crippen molar-refractivity contribution in [1.82, 2.24) is 4.98 Å². The Kier molecular flexibility index (Phi) is 3.21. The lowest BCUT2D eigenvalue weighted by Gasteiger charge is -2.11. The second-order valence-electron chi connectivity index (χ2n) is 3.58. The highest BCUT2D eigenvalue weighted by Crippen LogP contribution is 2.18. The quantitative estimate of drug-likeness (QED) is 0.598. The van der Waals surface area contributed by atoms with Crippen molar-refractivity contribution >= 4 is 16.9 Å². The summed E-state index contributed by atoms with van der Waals surface area (Å²) in [6.07, 6.45) is -0.892. The summed E-state index contributed by atoms with van der Waals surface area (Å²) in [7, 11) is 2.84. The Hall–Kier alpha value is -1.72. The molecule has 90 valence electrons. The predicted molar refractivity (Wildman–Crippen MR) is 60.9 cm³/mol. The van der Waals surface area contributed by atoms with Crippen molar-refractivity contribution in [3.8, 4) is 0 Å². The molecule has 0 aliphatic heterocycles. The summed E-state index contributed by atoms with van der Waals surface area (Å²) in [5.41, 5.74) is 1.78. The fraction of sp³-hybridized carbons (Fsp3) is 0.333. The molecule has 0 unspecified atom stereocenters. The van der Waals surface area contributed by atoms with Crippen LogP contribution < -0.4 is 0 Å². The third-order valence-electron chi connectivity index (χ3n) is 2.42. The summed E-state index contributed by atoms with van der Waals surface area (Å²) in [6, 6.07) is 5.06. The summed E-state index contributed by atoms with van der Waals surface area (Å²) in [5.74, 6) is 0.325. The van der Waals surface area contributed by atoms with E-state index < -0.39 is 6.29 Å². The maximum atomic E-state index is 11.9. The Morgan fingerprint density at radius 1 is 1.35 bits per heavy atom. The lowest BCUT2D eigenvalue weighted by atomic mass is 10.1. The first-order valence-corrected chi connectivity index (χ1v) is 5.12. The van der Waals surface area contributed by atoms with Crippen LogP contribution in [-0.2, 0) is 9.47 Å². The SMILES string of the molecule is COC(OC)C(=O)c1ccc2nc(C)oc2c1. The van der Waals surface area contributed by atoms with Crippen LogP contribution in [0.3, 0.4) is 0 Å². The van der Waals surface area contributed by atoms with Crippen LogP contribution in [0.2, 0.25) is 0 Å². The van der Waals surface area contributed by atoms with E-state index in [0.717, 1.165) is 5.52 Å². The van der Waals surface area contributed by atoms with Gasteiger partial charge in [-0.15, -0.1) is 0 Å². The van der Waals surface area contributed by atoms with E-state index in [1.165, 1.54) is 14.2 Å². The number of oxazole rings is 1. The smallest absolute Gasteiger partial charge is 0.222 e. The number of carbonyl (C=O) groups is 1. The van der Waals surface area contributed by atoms with Crippen LogP contribution in [0.4, 0.5) is 0 Å². The highest BCUT2D eigenvalue weighted by atomic mass is 16.7. The van der Waals surface area contributed by atoms with E-state index >= 15 is 0 Å². The van der Waals surface area contributed by atoms with E-state index in [2.05, 4.69) is 4.98 Å². The number of rotatable bonds is 4. The molecule has 2 aromatic rings. The van der Waals surface area contributed by atoms with Gasteiger partial charge in [0.25, 0.3) is 0 Å². The molecule has 0 spiro atoms. The molecular formula is C12H13NO4. The summed E-state index contributed by atoms with van der Waals surface area (Å²) < 4.78 is 15.2. The first-order valence-electron chi connectivity index (χ1n) is 5.12. The molecule has 2 rings (SSSR count). The molecule has 0 radical (unpaired) electrons. The number of aromatic nitrogens is 1. The molecule has 0 aliphatic rings. The number of aryl methyl sites for hydroxylation is 1. The molecule has 1 aromatic heterocycles. The van der Waals surface area contributed by atoms with Crippen molar-refractivity contribution in [2.24, 2.45) is 0 Å². The van der Waals surface area contributed by atoms with Crippen LogP contribution in [0, 0.1) is 6.92 Å². The normalized spacial score (nSPS) is 11.3. The summed E-state index contributed by atoms with van der Waals surface area (Å²) >= 11 is 0. The van der Waals surface area contributed by atoms with Crippen LogP contribution in [0.1, 0.15) is 16.2 Å². The summed E-state index contributed by atoms with van der Waals surface area (Å²) in [4.78, 5) is 16.1. The van der Waals surface area contributed by atoms with Crippen molar-refractivity contribution in [1.29, 1.82) is 0 Å². The molecule has 0 atom stereocenters. The van der Waals surface area contributed by atoms with Crippen molar-refractivity contribution in [3.63, 3.8) is 0 Å². The van der Waals surface area contributed by atoms with Gasteiger partial charge >= 0.3 is 0 Å². The number of ketones is 1. The van der Waals surface area contributed by atoms with Gasteiger partial charge in [-0.2, -0.15) is 0 Å². The summed E-state index contributed by atoms with van der Waals surface area (Å²) in [6.45, 7) is 1.76. The minimum absolute atomic E-state index is 0.244. The van der Waals surface area contributed by atoms with Crippen LogP contribution in [0.5, 0.6) is 0 Å². The van der Waals surface area contributed by atoms with Crippen LogP contribution in [0.25, 0.3) is 11.1 Å². The fourth-order valence-electron chi connectivity index (χ4n) is 1.64.